The molecule has 0 aliphatic heterocycles. The maximum atomic E-state index is 13.1. The lowest BCUT2D eigenvalue weighted by atomic mass is 10.1. The Morgan fingerprint density at radius 3 is 2.39 bits per heavy atom. The van der Waals surface area contributed by atoms with Gasteiger partial charge in [-0.25, -0.2) is 4.98 Å². The number of hydrogen-bond donors (Lipinski definition) is 3. The van der Waals surface area contributed by atoms with Gasteiger partial charge in [0.1, 0.15) is 6.04 Å². The van der Waals surface area contributed by atoms with Crippen LogP contribution in [0.1, 0.15) is 29.6 Å². The quantitative estimate of drug-likeness (QED) is 0.406. The number of carbonyl (C=O) groups is 2. The second kappa shape index (κ2) is 11.9. The summed E-state index contributed by atoms with van der Waals surface area (Å²) in [5.41, 5.74) is 8.91. The van der Waals surface area contributed by atoms with Crippen LogP contribution in [0.2, 0.25) is 5.02 Å². The molecule has 2 amide bonds. The number of aromatic nitrogens is 1. The molecule has 4 N–H and O–H groups in total. The van der Waals surface area contributed by atoms with Crippen molar-refractivity contribution in [3.63, 3.8) is 0 Å². The van der Waals surface area contributed by atoms with Gasteiger partial charge in [-0.3, -0.25) is 9.59 Å². The molecular weight excluding hydrogens is 456 g/mol. The lowest BCUT2D eigenvalue weighted by Gasteiger charge is -2.22. The zero-order chi connectivity index (χ0) is 23.8. The van der Waals surface area contributed by atoms with Crippen LogP contribution < -0.4 is 16.4 Å². The van der Waals surface area contributed by atoms with Gasteiger partial charge < -0.3 is 16.4 Å². The molecule has 0 unspecified atom stereocenters. The topological polar surface area (TPSA) is 97.1 Å². The second-order valence-corrected chi connectivity index (χ2v) is 9.36. The molecule has 33 heavy (non-hydrogen) atoms. The molecule has 174 valence electrons. The number of halogens is 1. The summed E-state index contributed by atoms with van der Waals surface area (Å²) in [5, 5.41) is 7.30. The highest BCUT2D eigenvalue weighted by Crippen LogP contribution is 2.31. The Morgan fingerprint density at radius 2 is 1.76 bits per heavy atom. The van der Waals surface area contributed by atoms with Gasteiger partial charge in [-0.15, -0.1) is 11.3 Å². The van der Waals surface area contributed by atoms with E-state index in [1.54, 1.807) is 6.92 Å². The third-order valence-electron chi connectivity index (χ3n) is 5.25. The molecule has 0 aliphatic rings. The molecule has 2 aromatic carbocycles. The van der Waals surface area contributed by atoms with E-state index in [1.807, 2.05) is 61.5 Å². The fraction of sp³-hybridized carbons (Fsp3) is 0.320. The van der Waals surface area contributed by atoms with Crippen LogP contribution in [0.4, 0.5) is 0 Å². The number of carbonyl (C=O) groups excluding carboxylic acids is 2. The van der Waals surface area contributed by atoms with Gasteiger partial charge in [0, 0.05) is 30.5 Å². The minimum atomic E-state index is -0.731. The number of thiazole rings is 1. The smallest absolute Gasteiger partial charge is 0.243 e. The number of benzene rings is 2. The van der Waals surface area contributed by atoms with Crippen molar-refractivity contribution >= 4 is 34.8 Å². The maximum Gasteiger partial charge on any atom is 0.243 e. The summed E-state index contributed by atoms with van der Waals surface area (Å²) in [6.07, 6.45) is 1.22. The fourth-order valence-corrected chi connectivity index (χ4v) is 4.72. The molecule has 6 nitrogen and oxygen atoms in total. The van der Waals surface area contributed by atoms with Crippen molar-refractivity contribution in [1.29, 1.82) is 0 Å². The molecular formula is C25H29ClN4O2S. The Labute approximate surface area is 203 Å². The highest BCUT2D eigenvalue weighted by Gasteiger charge is 2.25. The van der Waals surface area contributed by atoms with E-state index in [2.05, 4.69) is 15.6 Å². The average molecular weight is 485 g/mol. The minimum Gasteiger partial charge on any atom is -0.350 e. The molecule has 3 rings (SSSR count). The van der Waals surface area contributed by atoms with Crippen molar-refractivity contribution in [3.05, 3.63) is 75.9 Å². The molecule has 1 aromatic heterocycles. The van der Waals surface area contributed by atoms with E-state index in [1.165, 1.54) is 11.3 Å². The standard InChI is InChI=1S/C25H29ClN4O2S/c1-3-22(31)30-21(25(32)29-20(15-27)13-17-7-5-4-6-8-17)14-23-28-16(2)24(33-23)18-9-11-19(26)12-10-18/h4-12,20-21H,3,13-15,27H2,1-2H3,(H,29,32)(H,30,31)/t20-,21-/m0/s1. The van der Waals surface area contributed by atoms with Crippen LogP contribution in [0, 0.1) is 6.92 Å². The second-order valence-electron chi connectivity index (χ2n) is 7.84. The maximum absolute atomic E-state index is 13.1. The summed E-state index contributed by atoms with van der Waals surface area (Å²) in [4.78, 5) is 31.0. The molecule has 8 heteroatoms. The van der Waals surface area contributed by atoms with Crippen LogP contribution in [0.3, 0.4) is 0 Å². The third kappa shape index (κ3) is 7.12. The van der Waals surface area contributed by atoms with Gasteiger partial charge in [0.15, 0.2) is 0 Å². The Morgan fingerprint density at radius 1 is 1.06 bits per heavy atom. The number of amides is 2. The van der Waals surface area contributed by atoms with Crippen molar-refractivity contribution in [2.24, 2.45) is 5.73 Å². The Kier molecular flexibility index (Phi) is 9.00. The molecule has 0 saturated heterocycles. The number of rotatable bonds is 10. The number of nitrogens with zero attached hydrogens (tertiary/aromatic N) is 1. The van der Waals surface area contributed by atoms with Gasteiger partial charge in [0.05, 0.1) is 15.6 Å². The highest BCUT2D eigenvalue weighted by atomic mass is 35.5. The molecule has 0 radical (unpaired) electrons. The predicted octanol–water partition coefficient (Wildman–Crippen LogP) is 3.90. The van der Waals surface area contributed by atoms with Gasteiger partial charge in [-0.05, 0) is 36.6 Å². The lowest BCUT2D eigenvalue weighted by molar-refractivity contribution is -0.129. The van der Waals surface area contributed by atoms with E-state index >= 15 is 0 Å². The monoisotopic (exact) mass is 484 g/mol. The summed E-state index contributed by atoms with van der Waals surface area (Å²) in [7, 11) is 0. The van der Waals surface area contributed by atoms with E-state index in [0.29, 0.717) is 30.8 Å². The van der Waals surface area contributed by atoms with E-state index in [9.17, 15) is 9.59 Å². The predicted molar refractivity (Wildman–Crippen MR) is 134 cm³/mol. The first-order valence-electron chi connectivity index (χ1n) is 11.0. The molecule has 3 aromatic rings. The number of nitrogens with one attached hydrogen (secondary N) is 2. The summed E-state index contributed by atoms with van der Waals surface area (Å²) >= 11 is 7.52. The molecule has 0 aliphatic carbocycles. The summed E-state index contributed by atoms with van der Waals surface area (Å²) in [5.74, 6) is -0.446. The van der Waals surface area contributed by atoms with Crippen LogP contribution in [-0.4, -0.2) is 35.4 Å². The van der Waals surface area contributed by atoms with Gasteiger partial charge >= 0.3 is 0 Å². The number of hydrogen-bond acceptors (Lipinski definition) is 5. The van der Waals surface area contributed by atoms with E-state index < -0.39 is 6.04 Å². The summed E-state index contributed by atoms with van der Waals surface area (Å²) < 4.78 is 0. The number of aryl methyl sites for hydroxylation is 1. The van der Waals surface area contributed by atoms with E-state index in [4.69, 9.17) is 17.3 Å². The van der Waals surface area contributed by atoms with E-state index in [0.717, 1.165) is 26.7 Å². The van der Waals surface area contributed by atoms with Gasteiger partial charge in [0.2, 0.25) is 11.8 Å². The van der Waals surface area contributed by atoms with Crippen LogP contribution in [0.25, 0.3) is 10.4 Å². The SMILES string of the molecule is CCC(=O)N[C@@H](Cc1nc(C)c(-c2ccc(Cl)cc2)s1)C(=O)N[C@H](CN)Cc1ccccc1. The largest absolute Gasteiger partial charge is 0.350 e. The summed E-state index contributed by atoms with van der Waals surface area (Å²) in [6.45, 7) is 3.99. The van der Waals surface area contributed by atoms with Crippen molar-refractivity contribution in [3.8, 4) is 10.4 Å². The average Bonchev–Trinajstić information content (AvgIpc) is 3.19. The van der Waals surface area contributed by atoms with Crippen molar-refractivity contribution in [2.45, 2.75) is 45.2 Å². The first-order chi connectivity index (χ1) is 15.9. The molecule has 0 saturated carbocycles. The lowest BCUT2D eigenvalue weighted by Crippen LogP contribution is -2.52. The molecule has 2 atom stereocenters. The number of nitrogens with two attached hydrogens (primary N) is 1. The summed E-state index contributed by atoms with van der Waals surface area (Å²) in [6, 6.07) is 16.5. The Hall–Kier alpha value is -2.74. The van der Waals surface area contributed by atoms with Crippen LogP contribution in [0.15, 0.2) is 54.6 Å². The van der Waals surface area contributed by atoms with Crippen LogP contribution >= 0.6 is 22.9 Å². The van der Waals surface area contributed by atoms with Crippen molar-refractivity contribution in [2.75, 3.05) is 6.54 Å². The zero-order valence-electron chi connectivity index (χ0n) is 18.8. The first kappa shape index (κ1) is 24.9. The van der Waals surface area contributed by atoms with Gasteiger partial charge in [0.25, 0.3) is 0 Å². The van der Waals surface area contributed by atoms with Gasteiger partial charge in [-0.1, -0.05) is 61.0 Å². The third-order valence-corrected chi connectivity index (χ3v) is 6.74. The zero-order valence-corrected chi connectivity index (χ0v) is 20.4. The Balaban J connectivity index is 1.75. The molecule has 0 bridgehead atoms. The normalized spacial score (nSPS) is 12.7. The minimum absolute atomic E-state index is 0.186. The fourth-order valence-electron chi connectivity index (χ4n) is 3.48. The molecule has 0 spiro atoms. The Bertz CT molecular complexity index is 1070. The first-order valence-corrected chi connectivity index (χ1v) is 12.1. The molecule has 1 heterocycles. The van der Waals surface area contributed by atoms with Gasteiger partial charge in [-0.2, -0.15) is 0 Å². The van der Waals surface area contributed by atoms with Crippen LogP contribution in [-0.2, 0) is 22.4 Å². The molecule has 0 fully saturated rings. The van der Waals surface area contributed by atoms with Crippen molar-refractivity contribution < 1.29 is 9.59 Å². The van der Waals surface area contributed by atoms with Crippen LogP contribution in [0.5, 0.6) is 0 Å². The highest BCUT2D eigenvalue weighted by molar-refractivity contribution is 7.15. The van der Waals surface area contributed by atoms with Crippen molar-refractivity contribution in [1.82, 2.24) is 15.6 Å². The van der Waals surface area contributed by atoms with E-state index in [-0.39, 0.29) is 17.9 Å².